The SMILES string of the molecule is [Br-].[CH2-]Cc1ccc(Oc2ccccc2)cc1.[Mg+2]. The molecule has 0 atom stereocenters. The zero-order valence-corrected chi connectivity index (χ0v) is 12.6. The van der Waals surface area contributed by atoms with Gasteiger partial charge in [0.1, 0.15) is 11.5 Å². The summed E-state index contributed by atoms with van der Waals surface area (Å²) in [5, 5.41) is 0. The molecule has 0 amide bonds. The number of halogens is 1. The summed E-state index contributed by atoms with van der Waals surface area (Å²) in [5.74, 6) is 1.72. The zero-order chi connectivity index (χ0) is 10.5. The molecule has 0 radical (unpaired) electrons. The molecule has 0 fully saturated rings. The van der Waals surface area contributed by atoms with E-state index in [0.717, 1.165) is 17.9 Å². The molecule has 0 aromatic heterocycles. The van der Waals surface area contributed by atoms with Crippen LogP contribution in [0, 0.1) is 6.92 Å². The van der Waals surface area contributed by atoms with Gasteiger partial charge in [0.25, 0.3) is 0 Å². The standard InChI is InChI=1S/C14H13O.BrH.Mg/c1-2-12-8-10-14(11-9-12)15-13-6-4-3-5-7-13;;/h3-11H,1-2H2;1H;/q-1;;+2/p-1. The topological polar surface area (TPSA) is 9.23 Å². The molecule has 0 N–H and O–H groups in total. The molecule has 2 rings (SSSR count). The van der Waals surface area contributed by atoms with E-state index in [9.17, 15) is 0 Å². The van der Waals surface area contributed by atoms with Crippen molar-refractivity contribution in [1.29, 1.82) is 0 Å². The third kappa shape index (κ3) is 5.11. The maximum absolute atomic E-state index is 5.66. The third-order valence-electron chi connectivity index (χ3n) is 2.19. The van der Waals surface area contributed by atoms with Gasteiger partial charge in [0.15, 0.2) is 0 Å². The average molecular weight is 301 g/mol. The number of benzene rings is 2. The molecule has 0 aliphatic carbocycles. The Hall–Kier alpha value is -0.514. The van der Waals surface area contributed by atoms with Gasteiger partial charge in [0.05, 0.1) is 0 Å². The van der Waals surface area contributed by atoms with Crippen LogP contribution < -0.4 is 21.7 Å². The maximum atomic E-state index is 5.66. The molecule has 0 bridgehead atoms. The Morgan fingerprint density at radius 1 is 0.824 bits per heavy atom. The summed E-state index contributed by atoms with van der Waals surface area (Å²) in [5.41, 5.74) is 1.22. The van der Waals surface area contributed by atoms with E-state index in [1.54, 1.807) is 0 Å². The molecule has 3 heteroatoms. The van der Waals surface area contributed by atoms with Crippen molar-refractivity contribution in [2.45, 2.75) is 6.42 Å². The quantitative estimate of drug-likeness (QED) is 0.592. The Kier molecular flexibility index (Phi) is 8.30. The molecule has 1 nitrogen and oxygen atoms in total. The Labute approximate surface area is 129 Å². The summed E-state index contributed by atoms with van der Waals surface area (Å²) in [6.07, 6.45) is 0.811. The second kappa shape index (κ2) is 8.56. The fourth-order valence-electron chi connectivity index (χ4n) is 1.35. The van der Waals surface area contributed by atoms with E-state index >= 15 is 0 Å². The van der Waals surface area contributed by atoms with Gasteiger partial charge < -0.3 is 28.6 Å². The molecule has 17 heavy (non-hydrogen) atoms. The first-order valence-electron chi connectivity index (χ1n) is 4.99. The molecule has 2 aromatic rings. The van der Waals surface area contributed by atoms with Crippen LogP contribution in [0.2, 0.25) is 0 Å². The fourth-order valence-corrected chi connectivity index (χ4v) is 1.35. The van der Waals surface area contributed by atoms with Gasteiger partial charge in [-0.15, -0.1) is 0 Å². The molecule has 0 aliphatic rings. The first kappa shape index (κ1) is 16.5. The van der Waals surface area contributed by atoms with Crippen LogP contribution in [-0.4, -0.2) is 23.1 Å². The number of hydrogen-bond acceptors (Lipinski definition) is 1. The van der Waals surface area contributed by atoms with E-state index in [0.29, 0.717) is 0 Å². The van der Waals surface area contributed by atoms with Crippen molar-refractivity contribution in [3.8, 4) is 11.5 Å². The van der Waals surface area contributed by atoms with Crippen LogP contribution in [0.4, 0.5) is 0 Å². The molecule has 84 valence electrons. The van der Waals surface area contributed by atoms with Crippen molar-refractivity contribution in [3.63, 3.8) is 0 Å². The Bertz CT molecular complexity index is 414. The molecule has 0 spiro atoms. The van der Waals surface area contributed by atoms with Crippen LogP contribution in [0.1, 0.15) is 5.56 Å². The monoisotopic (exact) mass is 300 g/mol. The largest absolute Gasteiger partial charge is 2.00 e. The van der Waals surface area contributed by atoms with Gasteiger partial charge in [-0.25, -0.2) is 0 Å². The minimum atomic E-state index is 0. The van der Waals surface area contributed by atoms with Crippen molar-refractivity contribution in [3.05, 3.63) is 67.1 Å². The zero-order valence-electron chi connectivity index (χ0n) is 9.60. The average Bonchev–Trinajstić information content (AvgIpc) is 2.31. The van der Waals surface area contributed by atoms with Crippen molar-refractivity contribution < 1.29 is 21.7 Å². The van der Waals surface area contributed by atoms with Crippen LogP contribution in [0.3, 0.4) is 0 Å². The Morgan fingerprint density at radius 2 is 1.35 bits per heavy atom. The second-order valence-electron chi connectivity index (χ2n) is 3.31. The molecule has 0 unspecified atom stereocenters. The number of para-hydroxylation sites is 1. The van der Waals surface area contributed by atoms with Gasteiger partial charge in [-0.05, 0) is 24.3 Å². The number of hydrogen-bond donors (Lipinski definition) is 0. The van der Waals surface area contributed by atoms with Gasteiger partial charge in [-0.1, -0.05) is 35.9 Å². The molecule has 0 saturated carbocycles. The molecule has 0 aliphatic heterocycles. The summed E-state index contributed by atoms with van der Waals surface area (Å²) in [6, 6.07) is 17.8. The number of ether oxygens (including phenoxy) is 1. The smallest absolute Gasteiger partial charge is 1.00 e. The van der Waals surface area contributed by atoms with Crippen molar-refractivity contribution in [2.24, 2.45) is 0 Å². The minimum Gasteiger partial charge on any atom is -1.00 e. The van der Waals surface area contributed by atoms with E-state index in [1.807, 2.05) is 54.6 Å². The normalized spacial score (nSPS) is 8.76. The van der Waals surface area contributed by atoms with E-state index in [4.69, 9.17) is 4.74 Å². The van der Waals surface area contributed by atoms with E-state index in [-0.39, 0.29) is 40.0 Å². The van der Waals surface area contributed by atoms with Crippen LogP contribution in [0.5, 0.6) is 11.5 Å². The van der Waals surface area contributed by atoms with Gasteiger partial charge in [0, 0.05) is 0 Å². The maximum Gasteiger partial charge on any atom is 2.00 e. The first-order valence-corrected chi connectivity index (χ1v) is 4.99. The second-order valence-corrected chi connectivity index (χ2v) is 3.31. The van der Waals surface area contributed by atoms with Gasteiger partial charge >= 0.3 is 23.1 Å². The predicted molar refractivity (Wildman–Crippen MR) is 67.8 cm³/mol. The van der Waals surface area contributed by atoms with Gasteiger partial charge in [-0.3, -0.25) is 0 Å². The number of rotatable bonds is 3. The molecule has 0 saturated heterocycles. The molecule has 0 heterocycles. The molecular weight excluding hydrogens is 288 g/mol. The van der Waals surface area contributed by atoms with E-state index in [2.05, 4.69) is 6.92 Å². The third-order valence-corrected chi connectivity index (χ3v) is 2.19. The van der Waals surface area contributed by atoms with Crippen LogP contribution in [0.25, 0.3) is 0 Å². The summed E-state index contributed by atoms with van der Waals surface area (Å²) in [7, 11) is 0. The molecule has 2 aromatic carbocycles. The van der Waals surface area contributed by atoms with Gasteiger partial charge in [0.2, 0.25) is 0 Å². The van der Waals surface area contributed by atoms with Crippen LogP contribution >= 0.6 is 0 Å². The van der Waals surface area contributed by atoms with Gasteiger partial charge in [-0.2, -0.15) is 6.42 Å². The Balaban J connectivity index is 0.00000128. The fraction of sp³-hybridized carbons (Fsp3) is 0.0714. The van der Waals surface area contributed by atoms with E-state index in [1.165, 1.54) is 5.56 Å². The minimum absolute atomic E-state index is 0. The Morgan fingerprint density at radius 3 is 1.88 bits per heavy atom. The van der Waals surface area contributed by atoms with Crippen molar-refractivity contribution >= 4 is 23.1 Å². The predicted octanol–water partition coefficient (Wildman–Crippen LogP) is 0.479. The summed E-state index contributed by atoms with van der Waals surface area (Å²) in [4.78, 5) is 0. The first-order chi connectivity index (χ1) is 7.38. The van der Waals surface area contributed by atoms with Crippen LogP contribution in [-0.2, 0) is 6.42 Å². The summed E-state index contributed by atoms with van der Waals surface area (Å²) < 4.78 is 5.66. The summed E-state index contributed by atoms with van der Waals surface area (Å²) >= 11 is 0. The summed E-state index contributed by atoms with van der Waals surface area (Å²) in [6.45, 7) is 3.83. The molecular formula is C14H13BrMgO. The van der Waals surface area contributed by atoms with Crippen LogP contribution in [0.15, 0.2) is 54.6 Å². The van der Waals surface area contributed by atoms with E-state index < -0.39 is 0 Å². The van der Waals surface area contributed by atoms with Crippen molar-refractivity contribution in [1.82, 2.24) is 0 Å². The van der Waals surface area contributed by atoms with Crippen molar-refractivity contribution in [2.75, 3.05) is 0 Å².